The lowest BCUT2D eigenvalue weighted by molar-refractivity contribution is 0.669. The zero-order valence-corrected chi connectivity index (χ0v) is 41.4. The number of rotatable bonds is 8. The summed E-state index contributed by atoms with van der Waals surface area (Å²) < 4.78 is 6.09. The normalized spacial score (nSPS) is 10.0. The van der Waals surface area contributed by atoms with E-state index in [1.807, 2.05) is 36.4 Å². The Morgan fingerprint density at radius 2 is 0.758 bits per heavy atom. The van der Waals surface area contributed by atoms with Crippen molar-refractivity contribution in [2.75, 3.05) is 0 Å². The van der Waals surface area contributed by atoms with Gasteiger partial charge in [0.05, 0.1) is 0 Å². The molecule has 1 nitrogen and oxygen atoms in total. The van der Waals surface area contributed by atoms with Gasteiger partial charge in [-0.15, -0.1) is 0 Å². The largest absolute Gasteiger partial charge is 0.456 e. The lowest BCUT2D eigenvalue weighted by Crippen LogP contribution is -1.87. The number of furan rings is 1. The molecule has 1 heteroatoms. The quantitative estimate of drug-likeness (QED) is 0.148. The molecule has 340 valence electrons. The van der Waals surface area contributed by atoms with Crippen LogP contribution in [-0.4, -0.2) is 0 Å². The summed E-state index contributed by atoms with van der Waals surface area (Å²) in [5.41, 5.74) is 16.6. The first kappa shape index (κ1) is 51.9. The number of aryl methyl sites for hydroxylation is 2. The lowest BCUT2D eigenvalue weighted by atomic mass is 9.94. The Hall–Kier alpha value is -6.70. The van der Waals surface area contributed by atoms with Crippen LogP contribution in [0.5, 0.6) is 0 Å². The first-order chi connectivity index (χ1) is 32.2. The summed E-state index contributed by atoms with van der Waals surface area (Å²) in [6.45, 7) is 23.5. The van der Waals surface area contributed by atoms with Crippen molar-refractivity contribution < 1.29 is 4.42 Å². The molecule has 0 spiro atoms. The molecule has 1 aromatic heterocycles. The van der Waals surface area contributed by atoms with Crippen LogP contribution < -0.4 is 0 Å². The molecule has 1 heterocycles. The summed E-state index contributed by atoms with van der Waals surface area (Å²) in [5.74, 6) is 0. The molecule has 0 radical (unpaired) electrons. The first-order valence-corrected chi connectivity index (χ1v) is 24.2. The highest BCUT2D eigenvalue weighted by atomic mass is 16.3. The van der Waals surface area contributed by atoms with Gasteiger partial charge in [0.1, 0.15) is 11.2 Å². The average molecular weight is 871 g/mol. The molecule has 9 aromatic rings. The van der Waals surface area contributed by atoms with Gasteiger partial charge in [-0.3, -0.25) is 0 Å². The van der Waals surface area contributed by atoms with E-state index in [1.54, 1.807) is 0 Å². The maximum absolute atomic E-state index is 6.09. The molecule has 0 N–H and O–H groups in total. The molecule has 0 atom stereocenters. The molecule has 0 bridgehead atoms. The van der Waals surface area contributed by atoms with Crippen molar-refractivity contribution in [1.82, 2.24) is 0 Å². The van der Waals surface area contributed by atoms with E-state index in [1.165, 1.54) is 82.2 Å². The molecule has 0 fully saturated rings. The summed E-state index contributed by atoms with van der Waals surface area (Å²) in [6.07, 6.45) is 7.63. The second-order valence-electron chi connectivity index (χ2n) is 16.6. The predicted octanol–water partition coefficient (Wildman–Crippen LogP) is 20.6. The molecular weight excluding hydrogens is 797 g/mol. The van der Waals surface area contributed by atoms with Crippen LogP contribution in [0.25, 0.3) is 72.0 Å². The molecule has 0 aliphatic heterocycles. The Kier molecular flexibility index (Phi) is 22.8. The van der Waals surface area contributed by atoms with Gasteiger partial charge in [0.25, 0.3) is 0 Å². The van der Waals surface area contributed by atoms with Crippen molar-refractivity contribution in [3.63, 3.8) is 0 Å². The third-order valence-electron chi connectivity index (χ3n) is 10.9. The number of para-hydroxylation sites is 1. The van der Waals surface area contributed by atoms with Gasteiger partial charge >= 0.3 is 0 Å². The van der Waals surface area contributed by atoms with E-state index >= 15 is 0 Å². The zero-order chi connectivity index (χ0) is 47.5. The molecule has 0 aliphatic carbocycles. The minimum atomic E-state index is 0.917. The van der Waals surface area contributed by atoms with E-state index in [0.29, 0.717) is 0 Å². The van der Waals surface area contributed by atoms with Crippen molar-refractivity contribution in [2.24, 2.45) is 0 Å². The Bertz CT molecular complexity index is 2700. The van der Waals surface area contributed by atoms with Gasteiger partial charge in [0.2, 0.25) is 0 Å². The molecule has 0 amide bonds. The third kappa shape index (κ3) is 16.4. The molecule has 0 saturated carbocycles. The highest BCUT2D eigenvalue weighted by Gasteiger charge is 2.10. The van der Waals surface area contributed by atoms with E-state index in [-0.39, 0.29) is 0 Å². The second-order valence-corrected chi connectivity index (χ2v) is 16.6. The van der Waals surface area contributed by atoms with Crippen molar-refractivity contribution in [1.29, 1.82) is 0 Å². The Morgan fingerprint density at radius 1 is 0.379 bits per heavy atom. The molecule has 66 heavy (non-hydrogen) atoms. The number of hydrogen-bond acceptors (Lipinski definition) is 1. The number of hydrogen-bond donors (Lipinski definition) is 0. The highest BCUT2D eigenvalue weighted by molar-refractivity contribution is 6.06. The third-order valence-corrected chi connectivity index (χ3v) is 10.9. The summed E-state index contributed by atoms with van der Waals surface area (Å²) in [4.78, 5) is 0. The van der Waals surface area contributed by atoms with E-state index in [4.69, 9.17) is 4.42 Å². The number of fused-ring (bicyclic) bond motifs is 3. The van der Waals surface area contributed by atoms with E-state index < -0.39 is 0 Å². The molecule has 0 saturated heterocycles. The Morgan fingerprint density at radius 3 is 1.21 bits per heavy atom. The maximum atomic E-state index is 6.09. The van der Waals surface area contributed by atoms with Gasteiger partial charge in [0, 0.05) is 10.8 Å². The van der Waals surface area contributed by atoms with Crippen molar-refractivity contribution in [3.8, 4) is 44.5 Å². The second kappa shape index (κ2) is 29.0. The number of allylic oxidation sites excluding steroid dienone is 1. The zero-order valence-electron chi connectivity index (χ0n) is 41.4. The smallest absolute Gasteiger partial charge is 0.136 e. The first-order valence-electron chi connectivity index (χ1n) is 24.2. The van der Waals surface area contributed by atoms with Crippen LogP contribution in [-0.2, 0) is 6.42 Å². The molecule has 0 aliphatic rings. The van der Waals surface area contributed by atoms with Crippen LogP contribution in [0.15, 0.2) is 211 Å². The lowest BCUT2D eigenvalue weighted by Gasteiger charge is -2.11. The summed E-state index contributed by atoms with van der Waals surface area (Å²) in [7, 11) is 0. The fraction of sp³-hybridized carbons (Fsp3) is 0.231. The van der Waals surface area contributed by atoms with Crippen LogP contribution in [0.3, 0.4) is 0 Å². The van der Waals surface area contributed by atoms with Crippen LogP contribution in [0.4, 0.5) is 0 Å². The van der Waals surface area contributed by atoms with E-state index in [2.05, 4.69) is 233 Å². The van der Waals surface area contributed by atoms with Crippen LogP contribution in [0.2, 0.25) is 0 Å². The minimum absolute atomic E-state index is 0.917. The average Bonchev–Trinajstić information content (AvgIpc) is 3.76. The monoisotopic (exact) mass is 871 g/mol. The summed E-state index contributed by atoms with van der Waals surface area (Å²) >= 11 is 0. The minimum Gasteiger partial charge on any atom is -0.456 e. The van der Waals surface area contributed by atoms with E-state index in [9.17, 15) is 0 Å². The summed E-state index contributed by atoms with van der Waals surface area (Å²) in [6, 6.07) is 70.1. The fourth-order valence-electron chi connectivity index (χ4n) is 6.68. The van der Waals surface area contributed by atoms with Crippen LogP contribution in [0, 0.1) is 6.92 Å². The van der Waals surface area contributed by atoms with Crippen molar-refractivity contribution in [3.05, 3.63) is 223 Å². The van der Waals surface area contributed by atoms with E-state index in [0.717, 1.165) is 45.1 Å². The molecule has 0 unspecified atom stereocenters. The molecular formula is C65H74O. The maximum Gasteiger partial charge on any atom is 0.136 e. The molecule has 8 aromatic carbocycles. The van der Waals surface area contributed by atoms with Gasteiger partial charge in [-0.25, -0.2) is 0 Å². The Labute approximate surface area is 398 Å². The molecule has 9 rings (SSSR count). The number of unbranched alkanes of at least 4 members (excludes halogenated alkanes) is 2. The highest BCUT2D eigenvalue weighted by Crippen LogP contribution is 2.35. The van der Waals surface area contributed by atoms with Crippen LogP contribution in [0.1, 0.15) is 104 Å². The predicted molar refractivity (Wildman–Crippen MR) is 294 cm³/mol. The van der Waals surface area contributed by atoms with Gasteiger partial charge in [0.15, 0.2) is 0 Å². The topological polar surface area (TPSA) is 13.1 Å². The fourth-order valence-corrected chi connectivity index (χ4v) is 6.68. The summed E-state index contributed by atoms with van der Waals surface area (Å²) in [5, 5.41) is 2.31. The van der Waals surface area contributed by atoms with Gasteiger partial charge in [-0.1, -0.05) is 262 Å². The van der Waals surface area contributed by atoms with Crippen LogP contribution >= 0.6 is 0 Å². The Balaban J connectivity index is 0.000000210. The standard InChI is InChI=1S/C27H20O.C14H14.C13H12.2C4H10.C3H8/c1-18(2)21-14-22(19-8-4-3-5-9-19)16-23(15-21)20-12-13-25-24-10-6-7-11-26(24)28-27(25)17-20;1-2-12-8-10-14(11-9-12)13-6-4-3-5-7-13;1-11-7-9-13(10-8-11)12-5-3-2-4-6-12;2*1-3-4-2;1-3-2/h3-17H,1H2,2H3;3-11H,2H2,1H3;2-10H,1H3;2*3-4H2,1-2H3;3H2,1-2H3. The van der Waals surface area contributed by atoms with Gasteiger partial charge in [-0.05, 0) is 112 Å². The van der Waals surface area contributed by atoms with Gasteiger partial charge < -0.3 is 4.42 Å². The number of benzene rings is 8. The SMILES string of the molecule is C=C(C)c1cc(-c2ccccc2)cc(-c2ccc3c(c2)oc2ccccc23)c1.CCC.CCCC.CCCC.CCc1ccc(-c2ccccc2)cc1.Cc1ccc(-c2ccccc2)cc1. The van der Waals surface area contributed by atoms with Crippen molar-refractivity contribution in [2.45, 2.75) is 101 Å². The van der Waals surface area contributed by atoms with Gasteiger partial charge in [-0.2, -0.15) is 0 Å². The van der Waals surface area contributed by atoms with Crippen molar-refractivity contribution >= 4 is 27.5 Å².